The Kier molecular flexibility index (Phi) is 9.16. The molecule has 5 N–H and O–H groups in total. The highest BCUT2D eigenvalue weighted by Crippen LogP contribution is 2.48. The third-order valence-electron chi connectivity index (χ3n) is 6.13. The fourth-order valence-corrected chi connectivity index (χ4v) is 6.05. The maximum Gasteiger partial charge on any atom is 0.244 e. The van der Waals surface area contributed by atoms with Crippen molar-refractivity contribution in [1.29, 1.82) is 0 Å². The number of halogens is 1. The number of primary sulfonamides is 1. The van der Waals surface area contributed by atoms with Crippen LogP contribution in [0.3, 0.4) is 0 Å². The molecule has 0 atom stereocenters. The Hall–Kier alpha value is -3.83. The monoisotopic (exact) mass is 593 g/mol. The zero-order valence-corrected chi connectivity index (χ0v) is 24.0. The molecule has 0 aliphatic heterocycles. The number of nitrogens with one attached hydrogen (secondary N) is 1. The molecule has 11 heteroatoms. The fraction of sp³-hybridized carbons (Fsp3) is 0.103. The van der Waals surface area contributed by atoms with Gasteiger partial charge in [0.05, 0.1) is 22.2 Å². The Labute approximate surface area is 243 Å². The molecule has 206 valence electrons. The maximum atomic E-state index is 12.8. The number of likely N-dealkylation sites (N-methyl/N-ethyl adjacent to an activating group) is 1. The number of amides is 1. The highest BCUT2D eigenvalue weighted by atomic mass is 35.5. The van der Waals surface area contributed by atoms with Crippen molar-refractivity contribution < 1.29 is 13.2 Å². The Bertz CT molecular complexity index is 1510. The molecule has 0 aliphatic carbocycles. The number of nitrogens with zero attached hydrogens (tertiary/aromatic N) is 2. The van der Waals surface area contributed by atoms with Crippen molar-refractivity contribution in [3.63, 3.8) is 0 Å². The van der Waals surface area contributed by atoms with Gasteiger partial charge in [0.25, 0.3) is 0 Å². The molecule has 4 aromatic rings. The van der Waals surface area contributed by atoms with E-state index >= 15 is 0 Å². The summed E-state index contributed by atoms with van der Waals surface area (Å²) in [6, 6.07) is 34.0. The summed E-state index contributed by atoms with van der Waals surface area (Å²) in [7, 11) is -2.27. The number of rotatable bonds is 9. The van der Waals surface area contributed by atoms with Gasteiger partial charge in [0.2, 0.25) is 21.9 Å². The van der Waals surface area contributed by atoms with E-state index in [2.05, 4.69) is 41.7 Å². The van der Waals surface area contributed by atoms with Crippen molar-refractivity contribution in [2.24, 2.45) is 15.3 Å². The van der Waals surface area contributed by atoms with Gasteiger partial charge < -0.3 is 16.0 Å². The third-order valence-corrected chi connectivity index (χ3v) is 8.62. The summed E-state index contributed by atoms with van der Waals surface area (Å²) in [5, 5.41) is 7.84. The lowest BCUT2D eigenvalue weighted by Crippen LogP contribution is -2.39. The molecule has 4 rings (SSSR count). The van der Waals surface area contributed by atoms with Gasteiger partial charge in [-0.1, -0.05) is 103 Å². The van der Waals surface area contributed by atoms with Gasteiger partial charge >= 0.3 is 0 Å². The third kappa shape index (κ3) is 6.65. The molecule has 0 spiro atoms. The van der Waals surface area contributed by atoms with Crippen LogP contribution < -0.4 is 16.2 Å². The summed E-state index contributed by atoms with van der Waals surface area (Å²) in [5.74, 6) is -0.278. The van der Waals surface area contributed by atoms with Crippen LogP contribution in [0.15, 0.2) is 118 Å². The normalized spacial score (nSPS) is 12.1. The minimum absolute atomic E-state index is 0.0399. The van der Waals surface area contributed by atoms with E-state index in [1.54, 1.807) is 7.05 Å². The van der Waals surface area contributed by atoms with Gasteiger partial charge in [0, 0.05) is 7.05 Å². The van der Waals surface area contributed by atoms with Gasteiger partial charge in [-0.15, -0.1) is 0 Å². The van der Waals surface area contributed by atoms with E-state index in [0.717, 1.165) is 16.7 Å². The average molecular weight is 594 g/mol. The molecule has 0 aromatic heterocycles. The molecule has 0 bridgehead atoms. The van der Waals surface area contributed by atoms with E-state index in [0.29, 0.717) is 0 Å². The Morgan fingerprint density at radius 2 is 1.38 bits per heavy atom. The number of sulfonamides is 1. The predicted octanol–water partition coefficient (Wildman–Crippen LogP) is 4.81. The van der Waals surface area contributed by atoms with Crippen LogP contribution in [-0.2, 0) is 19.6 Å². The second kappa shape index (κ2) is 12.6. The molecular weight excluding hydrogens is 566 g/mol. The first-order valence-electron chi connectivity index (χ1n) is 12.1. The van der Waals surface area contributed by atoms with Crippen molar-refractivity contribution in [1.82, 2.24) is 4.90 Å². The molecule has 4 aromatic carbocycles. The Balaban J connectivity index is 1.59. The number of carbonyl (C=O) groups is 1. The van der Waals surface area contributed by atoms with Crippen molar-refractivity contribution in [3.05, 3.63) is 131 Å². The summed E-state index contributed by atoms with van der Waals surface area (Å²) in [6.45, 7) is -0.127. The summed E-state index contributed by atoms with van der Waals surface area (Å²) in [6.07, 6.45) is 0. The summed E-state index contributed by atoms with van der Waals surface area (Å²) >= 11 is 7.45. The van der Waals surface area contributed by atoms with Gasteiger partial charge in [-0.05, 0) is 46.8 Å². The van der Waals surface area contributed by atoms with Gasteiger partial charge in [-0.2, -0.15) is 4.40 Å². The molecule has 8 nitrogen and oxygen atoms in total. The Morgan fingerprint density at radius 3 is 1.80 bits per heavy atom. The molecule has 40 heavy (non-hydrogen) atoms. The second-order valence-electron chi connectivity index (χ2n) is 8.91. The fourth-order valence-electron chi connectivity index (χ4n) is 4.12. The topological polar surface area (TPSA) is 131 Å². The number of guanidine groups is 1. The molecule has 0 unspecified atom stereocenters. The number of nitrogens with two attached hydrogens (primary N) is 2. The molecule has 0 aliphatic rings. The summed E-state index contributed by atoms with van der Waals surface area (Å²) < 4.78 is 27.1. The van der Waals surface area contributed by atoms with Crippen LogP contribution in [0.25, 0.3) is 0 Å². The smallest absolute Gasteiger partial charge is 0.244 e. The van der Waals surface area contributed by atoms with E-state index in [4.69, 9.17) is 26.9 Å². The van der Waals surface area contributed by atoms with Gasteiger partial charge in [-0.25, -0.2) is 13.6 Å². The van der Waals surface area contributed by atoms with Gasteiger partial charge in [0.15, 0.2) is 0 Å². The quantitative estimate of drug-likeness (QED) is 0.110. The van der Waals surface area contributed by atoms with Crippen LogP contribution in [0, 0.1) is 0 Å². The zero-order chi connectivity index (χ0) is 28.8. The first kappa shape index (κ1) is 29.2. The number of anilines is 1. The predicted molar refractivity (Wildman–Crippen MR) is 163 cm³/mol. The minimum Gasteiger partial charge on any atom is -0.369 e. The largest absolute Gasteiger partial charge is 0.369 e. The molecule has 0 fully saturated rings. The van der Waals surface area contributed by atoms with E-state index in [1.165, 1.54) is 35.0 Å². The highest BCUT2D eigenvalue weighted by Gasteiger charge is 2.38. The van der Waals surface area contributed by atoms with Gasteiger partial charge in [-0.3, -0.25) is 4.79 Å². The van der Waals surface area contributed by atoms with Crippen molar-refractivity contribution in [2.45, 2.75) is 9.64 Å². The molecule has 0 saturated carbocycles. The Morgan fingerprint density at radius 1 is 0.900 bits per heavy atom. The molecule has 0 saturated heterocycles. The standard InChI is InChI=1S/C29H28ClN5O3S2/c1-35(20-27(36)33-26-18-17-24(19-25(26)30)40(32,37)38)28(31)34-39-29(21-11-5-2-6-12-21,22-13-7-3-8-14-22)23-15-9-4-10-16-23/h2-19H,20H2,1H3,(H2,31,34)(H,33,36)(H2,32,37,38). The van der Waals surface area contributed by atoms with Crippen LogP contribution in [0.1, 0.15) is 16.7 Å². The lowest BCUT2D eigenvalue weighted by atomic mass is 9.84. The van der Waals surface area contributed by atoms with Crippen LogP contribution in [-0.4, -0.2) is 38.8 Å². The zero-order valence-electron chi connectivity index (χ0n) is 21.6. The van der Waals surface area contributed by atoms with Gasteiger partial charge in [0.1, 0.15) is 4.75 Å². The molecule has 1 amide bonds. The average Bonchev–Trinajstić information content (AvgIpc) is 2.95. The summed E-state index contributed by atoms with van der Waals surface area (Å²) in [4.78, 5) is 14.1. The SMILES string of the molecule is CN(CC(=O)Nc1ccc(S(N)(=O)=O)cc1Cl)/C(N)=N/SC(c1ccccc1)(c1ccccc1)c1ccccc1. The maximum absolute atomic E-state index is 12.8. The van der Waals surface area contributed by atoms with Crippen LogP contribution in [0.2, 0.25) is 5.02 Å². The van der Waals surface area contributed by atoms with Crippen molar-refractivity contribution in [3.8, 4) is 0 Å². The number of benzene rings is 4. The van der Waals surface area contributed by atoms with E-state index in [9.17, 15) is 13.2 Å². The first-order chi connectivity index (χ1) is 19.1. The van der Waals surface area contributed by atoms with Crippen molar-refractivity contribution >= 4 is 51.1 Å². The van der Waals surface area contributed by atoms with Crippen LogP contribution in [0.4, 0.5) is 5.69 Å². The molecular formula is C29H28ClN5O3S2. The van der Waals surface area contributed by atoms with E-state index in [1.807, 2.05) is 54.6 Å². The minimum atomic E-state index is -3.92. The molecule has 0 heterocycles. The second-order valence-corrected chi connectivity index (χ2v) is 11.9. The van der Waals surface area contributed by atoms with E-state index < -0.39 is 20.7 Å². The van der Waals surface area contributed by atoms with Crippen LogP contribution in [0.5, 0.6) is 0 Å². The summed E-state index contributed by atoms with van der Waals surface area (Å²) in [5.41, 5.74) is 9.67. The lowest BCUT2D eigenvalue weighted by Gasteiger charge is -2.33. The lowest BCUT2D eigenvalue weighted by molar-refractivity contribution is -0.116. The molecule has 0 radical (unpaired) electrons. The number of hydrogen-bond acceptors (Lipinski definition) is 5. The van der Waals surface area contributed by atoms with E-state index in [-0.39, 0.29) is 28.1 Å². The van der Waals surface area contributed by atoms with Crippen LogP contribution >= 0.6 is 23.5 Å². The van der Waals surface area contributed by atoms with Crippen molar-refractivity contribution in [2.75, 3.05) is 18.9 Å². The number of hydrogen-bond donors (Lipinski definition) is 3. The number of carbonyl (C=O) groups excluding carboxylic acids is 1. The highest BCUT2D eigenvalue weighted by molar-refractivity contribution is 7.99. The first-order valence-corrected chi connectivity index (χ1v) is 14.8.